The van der Waals surface area contributed by atoms with Crippen LogP contribution in [0, 0.1) is 0 Å². The Morgan fingerprint density at radius 2 is 1.96 bits per heavy atom. The van der Waals surface area contributed by atoms with Crippen molar-refractivity contribution >= 4 is 40.0 Å². The van der Waals surface area contributed by atoms with Crippen LogP contribution in [0.4, 0.5) is 0 Å². The number of nitrogens with zero attached hydrogens (tertiary/aromatic N) is 2. The van der Waals surface area contributed by atoms with Crippen LogP contribution in [0.2, 0.25) is 0 Å². The summed E-state index contributed by atoms with van der Waals surface area (Å²) in [6.07, 6.45) is 1.85. The lowest BCUT2D eigenvalue weighted by molar-refractivity contribution is 0.223. The van der Waals surface area contributed by atoms with Gasteiger partial charge in [0.15, 0.2) is 5.96 Å². The molecule has 162 valence electrons. The van der Waals surface area contributed by atoms with Gasteiger partial charge in [-0.25, -0.2) is 12.7 Å². The topological polar surface area (TPSA) is 92.3 Å². The first-order chi connectivity index (χ1) is 12.8. The van der Waals surface area contributed by atoms with Gasteiger partial charge in [-0.3, -0.25) is 4.99 Å². The molecule has 0 spiro atoms. The number of rotatable bonds is 11. The van der Waals surface area contributed by atoms with Crippen LogP contribution in [0.1, 0.15) is 20.3 Å². The van der Waals surface area contributed by atoms with Crippen LogP contribution in [0.25, 0.3) is 0 Å². The Kier molecular flexibility index (Phi) is 13.2. The standard InChI is InChI=1S/C18H32N4O4S.HI/c1-6-22(27(5,23)24)12-8-11-20-18(19-3)21-14-15(2)26-17-10-7-9-16(13-17)25-4;/h7,9-10,13,15H,6,8,11-12,14H2,1-5H3,(H2,19,20,21);1H. The van der Waals surface area contributed by atoms with Crippen molar-refractivity contribution < 1.29 is 17.9 Å². The van der Waals surface area contributed by atoms with E-state index in [1.807, 2.05) is 38.1 Å². The Balaban J connectivity index is 0.00000729. The molecule has 0 aromatic heterocycles. The number of nitrogens with one attached hydrogen (secondary N) is 2. The number of ether oxygens (including phenoxy) is 2. The molecule has 1 rings (SSSR count). The summed E-state index contributed by atoms with van der Waals surface area (Å²) in [5, 5.41) is 6.38. The van der Waals surface area contributed by atoms with Gasteiger partial charge < -0.3 is 20.1 Å². The lowest BCUT2D eigenvalue weighted by Crippen LogP contribution is -2.42. The third kappa shape index (κ3) is 10.3. The van der Waals surface area contributed by atoms with Crippen LogP contribution < -0.4 is 20.1 Å². The van der Waals surface area contributed by atoms with Gasteiger partial charge in [-0.05, 0) is 25.5 Å². The van der Waals surface area contributed by atoms with Crippen molar-refractivity contribution in [3.63, 3.8) is 0 Å². The number of hydrogen-bond acceptors (Lipinski definition) is 5. The fraction of sp³-hybridized carbons (Fsp3) is 0.611. The molecular weight excluding hydrogens is 495 g/mol. The molecule has 0 amide bonds. The summed E-state index contributed by atoms with van der Waals surface area (Å²) in [6.45, 7) is 5.95. The number of methoxy groups -OCH3 is 1. The van der Waals surface area contributed by atoms with Crippen molar-refractivity contribution in [1.29, 1.82) is 0 Å². The van der Waals surface area contributed by atoms with E-state index in [4.69, 9.17) is 9.47 Å². The zero-order valence-corrected chi connectivity index (χ0v) is 20.4. The fourth-order valence-corrected chi connectivity index (χ4v) is 3.36. The van der Waals surface area contributed by atoms with E-state index in [1.165, 1.54) is 10.6 Å². The predicted octanol–water partition coefficient (Wildman–Crippen LogP) is 1.92. The van der Waals surface area contributed by atoms with Crippen molar-refractivity contribution in [1.82, 2.24) is 14.9 Å². The van der Waals surface area contributed by atoms with E-state index < -0.39 is 10.0 Å². The first kappa shape index (κ1) is 26.7. The van der Waals surface area contributed by atoms with Gasteiger partial charge in [-0.1, -0.05) is 13.0 Å². The minimum Gasteiger partial charge on any atom is -0.497 e. The van der Waals surface area contributed by atoms with E-state index >= 15 is 0 Å². The highest BCUT2D eigenvalue weighted by Crippen LogP contribution is 2.19. The zero-order chi connectivity index (χ0) is 20.3. The minimum absolute atomic E-state index is 0. The second-order valence-electron chi connectivity index (χ2n) is 6.10. The van der Waals surface area contributed by atoms with Gasteiger partial charge in [0.1, 0.15) is 17.6 Å². The van der Waals surface area contributed by atoms with Gasteiger partial charge in [-0.15, -0.1) is 24.0 Å². The molecular formula is C18H33IN4O4S. The number of halogens is 1. The number of benzene rings is 1. The zero-order valence-electron chi connectivity index (χ0n) is 17.3. The Hall–Kier alpha value is -1.27. The Bertz CT molecular complexity index is 701. The maximum absolute atomic E-state index is 11.6. The third-order valence-corrected chi connectivity index (χ3v) is 5.24. The molecule has 1 aromatic carbocycles. The van der Waals surface area contributed by atoms with Crippen LogP contribution in [0.5, 0.6) is 11.5 Å². The van der Waals surface area contributed by atoms with Gasteiger partial charge in [-0.2, -0.15) is 0 Å². The van der Waals surface area contributed by atoms with Crippen LogP contribution in [-0.2, 0) is 10.0 Å². The smallest absolute Gasteiger partial charge is 0.211 e. The molecule has 0 aliphatic heterocycles. The van der Waals surface area contributed by atoms with E-state index in [-0.39, 0.29) is 30.1 Å². The van der Waals surface area contributed by atoms with Gasteiger partial charge in [0.05, 0.1) is 19.9 Å². The van der Waals surface area contributed by atoms with Crippen molar-refractivity contribution in [3.8, 4) is 11.5 Å². The molecule has 2 N–H and O–H groups in total. The molecule has 0 aliphatic carbocycles. The number of hydrogen-bond donors (Lipinski definition) is 2. The van der Waals surface area contributed by atoms with Crippen molar-refractivity contribution in [2.45, 2.75) is 26.4 Å². The monoisotopic (exact) mass is 528 g/mol. The highest BCUT2D eigenvalue weighted by molar-refractivity contribution is 14.0. The molecule has 1 aromatic rings. The first-order valence-electron chi connectivity index (χ1n) is 9.00. The lowest BCUT2D eigenvalue weighted by atomic mass is 10.3. The highest BCUT2D eigenvalue weighted by atomic mass is 127. The van der Waals surface area contributed by atoms with Gasteiger partial charge >= 0.3 is 0 Å². The molecule has 0 radical (unpaired) electrons. The summed E-state index contributed by atoms with van der Waals surface area (Å²) in [7, 11) is 0.169. The highest BCUT2D eigenvalue weighted by Gasteiger charge is 2.13. The molecule has 0 saturated heterocycles. The van der Waals surface area contributed by atoms with E-state index in [9.17, 15) is 8.42 Å². The van der Waals surface area contributed by atoms with E-state index in [2.05, 4.69) is 15.6 Å². The second kappa shape index (κ2) is 13.8. The van der Waals surface area contributed by atoms with Crippen LogP contribution in [0.15, 0.2) is 29.3 Å². The number of aliphatic imine (C=N–C) groups is 1. The molecule has 10 heteroatoms. The molecule has 0 aliphatic rings. The summed E-state index contributed by atoms with van der Waals surface area (Å²) in [5.41, 5.74) is 0. The Morgan fingerprint density at radius 1 is 1.29 bits per heavy atom. The Morgan fingerprint density at radius 3 is 2.54 bits per heavy atom. The molecule has 0 fully saturated rings. The van der Waals surface area contributed by atoms with Gasteiger partial charge in [0.2, 0.25) is 10.0 Å². The van der Waals surface area contributed by atoms with Crippen molar-refractivity contribution in [3.05, 3.63) is 24.3 Å². The van der Waals surface area contributed by atoms with Crippen LogP contribution in [0.3, 0.4) is 0 Å². The molecule has 28 heavy (non-hydrogen) atoms. The molecule has 0 heterocycles. The quantitative estimate of drug-likeness (QED) is 0.197. The lowest BCUT2D eigenvalue weighted by Gasteiger charge is -2.19. The van der Waals surface area contributed by atoms with Crippen LogP contribution in [-0.4, -0.2) is 71.4 Å². The van der Waals surface area contributed by atoms with Crippen molar-refractivity contribution in [2.24, 2.45) is 4.99 Å². The van der Waals surface area contributed by atoms with E-state index in [1.54, 1.807) is 14.2 Å². The normalized spacial score (nSPS) is 12.9. The average Bonchev–Trinajstić information content (AvgIpc) is 2.63. The number of guanidine groups is 1. The summed E-state index contributed by atoms with van der Waals surface area (Å²) >= 11 is 0. The average molecular weight is 528 g/mol. The largest absolute Gasteiger partial charge is 0.497 e. The predicted molar refractivity (Wildman–Crippen MR) is 125 cm³/mol. The second-order valence-corrected chi connectivity index (χ2v) is 8.08. The third-order valence-electron chi connectivity index (χ3n) is 3.86. The maximum Gasteiger partial charge on any atom is 0.211 e. The summed E-state index contributed by atoms with van der Waals surface area (Å²) in [6, 6.07) is 7.47. The first-order valence-corrected chi connectivity index (χ1v) is 10.8. The van der Waals surface area contributed by atoms with Gasteiger partial charge in [0.25, 0.3) is 0 Å². The van der Waals surface area contributed by atoms with E-state index in [0.717, 1.165) is 11.5 Å². The number of sulfonamides is 1. The van der Waals surface area contributed by atoms with Gasteiger partial charge in [0, 0.05) is 32.7 Å². The SMILES string of the molecule is CCN(CCCNC(=NC)NCC(C)Oc1cccc(OC)c1)S(C)(=O)=O.I. The minimum atomic E-state index is -3.14. The summed E-state index contributed by atoms with van der Waals surface area (Å²) in [5.74, 6) is 2.14. The molecule has 0 bridgehead atoms. The molecule has 1 unspecified atom stereocenters. The Labute approximate surface area is 186 Å². The molecule has 8 nitrogen and oxygen atoms in total. The van der Waals surface area contributed by atoms with Crippen LogP contribution >= 0.6 is 24.0 Å². The maximum atomic E-state index is 11.6. The molecule has 0 saturated carbocycles. The van der Waals surface area contributed by atoms with Crippen molar-refractivity contribution in [2.75, 3.05) is 46.6 Å². The fourth-order valence-electron chi connectivity index (χ4n) is 2.43. The van der Waals surface area contributed by atoms with E-state index in [0.29, 0.717) is 38.6 Å². The molecule has 1 atom stereocenters. The summed E-state index contributed by atoms with van der Waals surface area (Å²) < 4.78 is 35.6. The summed E-state index contributed by atoms with van der Waals surface area (Å²) in [4.78, 5) is 4.17.